The van der Waals surface area contributed by atoms with Crippen molar-refractivity contribution >= 4 is 29.9 Å². The highest BCUT2D eigenvalue weighted by atomic mass is 127. The molecular formula is C19H27IN4O. The van der Waals surface area contributed by atoms with Gasteiger partial charge in [0, 0.05) is 38.4 Å². The quantitative estimate of drug-likeness (QED) is 0.384. The highest BCUT2D eigenvalue weighted by molar-refractivity contribution is 14.0. The summed E-state index contributed by atoms with van der Waals surface area (Å²) in [5.74, 6) is 1.75. The van der Waals surface area contributed by atoms with Gasteiger partial charge in [-0.15, -0.1) is 24.0 Å². The predicted octanol–water partition coefficient (Wildman–Crippen LogP) is 2.97. The zero-order chi connectivity index (χ0) is 17.2. The van der Waals surface area contributed by atoms with E-state index in [0.29, 0.717) is 0 Å². The van der Waals surface area contributed by atoms with Crippen LogP contribution in [0.4, 0.5) is 0 Å². The Bertz CT molecular complexity index is 662. The number of nitrogens with zero attached hydrogens (tertiary/aromatic N) is 2. The molecule has 1 aromatic carbocycles. The fourth-order valence-corrected chi connectivity index (χ4v) is 2.42. The first-order chi connectivity index (χ1) is 11.7. The molecule has 0 aliphatic rings. The summed E-state index contributed by atoms with van der Waals surface area (Å²) in [7, 11) is 3.49. The third-order valence-corrected chi connectivity index (χ3v) is 3.80. The van der Waals surface area contributed by atoms with Crippen LogP contribution in [0.2, 0.25) is 0 Å². The number of ether oxygens (including phenoxy) is 1. The highest BCUT2D eigenvalue weighted by Gasteiger charge is 2.02. The molecule has 0 aliphatic heterocycles. The van der Waals surface area contributed by atoms with Crippen molar-refractivity contribution in [2.45, 2.75) is 19.8 Å². The number of pyridine rings is 1. The average molecular weight is 454 g/mol. The number of benzene rings is 1. The first-order valence-electron chi connectivity index (χ1n) is 8.21. The molecule has 0 fully saturated rings. The molecule has 0 bridgehead atoms. The summed E-state index contributed by atoms with van der Waals surface area (Å²) in [4.78, 5) is 8.56. The average Bonchev–Trinajstić information content (AvgIpc) is 2.62. The topological polar surface area (TPSA) is 58.5 Å². The van der Waals surface area contributed by atoms with E-state index in [4.69, 9.17) is 4.74 Å². The van der Waals surface area contributed by atoms with Gasteiger partial charge in [-0.25, -0.2) is 0 Å². The van der Waals surface area contributed by atoms with Gasteiger partial charge in [-0.2, -0.15) is 0 Å². The summed E-state index contributed by atoms with van der Waals surface area (Å²) in [6, 6.07) is 12.3. The van der Waals surface area contributed by atoms with Crippen molar-refractivity contribution in [3.63, 3.8) is 0 Å². The van der Waals surface area contributed by atoms with Gasteiger partial charge >= 0.3 is 0 Å². The van der Waals surface area contributed by atoms with Crippen molar-refractivity contribution in [1.82, 2.24) is 15.6 Å². The molecule has 0 aliphatic carbocycles. The summed E-state index contributed by atoms with van der Waals surface area (Å²) in [5, 5.41) is 6.64. The first-order valence-corrected chi connectivity index (χ1v) is 8.21. The molecule has 0 radical (unpaired) electrons. The number of aromatic nitrogens is 1. The van der Waals surface area contributed by atoms with Gasteiger partial charge < -0.3 is 15.4 Å². The molecule has 1 heterocycles. The van der Waals surface area contributed by atoms with E-state index in [9.17, 15) is 0 Å². The number of rotatable bonds is 7. The van der Waals surface area contributed by atoms with E-state index in [1.807, 2.05) is 31.3 Å². The predicted molar refractivity (Wildman–Crippen MR) is 114 cm³/mol. The van der Waals surface area contributed by atoms with Crippen molar-refractivity contribution in [3.05, 3.63) is 59.4 Å². The SMILES string of the molecule is CN=C(NCCc1ccc(C)c(OC)c1)NCCc1ccccn1.I. The van der Waals surface area contributed by atoms with Crippen LogP contribution >= 0.6 is 24.0 Å². The van der Waals surface area contributed by atoms with Crippen LogP contribution < -0.4 is 15.4 Å². The fourth-order valence-electron chi connectivity index (χ4n) is 2.42. The summed E-state index contributed by atoms with van der Waals surface area (Å²) in [6.45, 7) is 3.67. The molecule has 2 N–H and O–H groups in total. The number of nitrogens with one attached hydrogen (secondary N) is 2. The van der Waals surface area contributed by atoms with Gasteiger partial charge in [0.2, 0.25) is 0 Å². The van der Waals surface area contributed by atoms with E-state index in [-0.39, 0.29) is 24.0 Å². The van der Waals surface area contributed by atoms with E-state index in [2.05, 4.69) is 38.8 Å². The fraction of sp³-hybridized carbons (Fsp3) is 0.368. The molecule has 25 heavy (non-hydrogen) atoms. The Morgan fingerprint density at radius 1 is 1.12 bits per heavy atom. The van der Waals surface area contributed by atoms with Crippen LogP contribution in [-0.4, -0.2) is 38.2 Å². The number of hydrogen-bond acceptors (Lipinski definition) is 3. The molecule has 0 unspecified atom stereocenters. The van der Waals surface area contributed by atoms with Crippen molar-refractivity contribution < 1.29 is 4.74 Å². The number of guanidine groups is 1. The molecule has 6 heteroatoms. The largest absolute Gasteiger partial charge is 0.496 e. The maximum atomic E-state index is 5.37. The van der Waals surface area contributed by atoms with Gasteiger partial charge in [-0.05, 0) is 42.7 Å². The van der Waals surface area contributed by atoms with Crippen LogP contribution in [-0.2, 0) is 12.8 Å². The Morgan fingerprint density at radius 2 is 1.88 bits per heavy atom. The van der Waals surface area contributed by atoms with Gasteiger partial charge in [0.15, 0.2) is 5.96 Å². The lowest BCUT2D eigenvalue weighted by Gasteiger charge is -2.12. The van der Waals surface area contributed by atoms with E-state index < -0.39 is 0 Å². The van der Waals surface area contributed by atoms with Crippen LogP contribution in [0.1, 0.15) is 16.8 Å². The molecule has 0 amide bonds. The second-order valence-electron chi connectivity index (χ2n) is 5.55. The molecule has 0 saturated heterocycles. The van der Waals surface area contributed by atoms with E-state index in [0.717, 1.165) is 48.9 Å². The minimum Gasteiger partial charge on any atom is -0.496 e. The Hall–Kier alpha value is -1.83. The third kappa shape index (κ3) is 7.29. The third-order valence-electron chi connectivity index (χ3n) is 3.80. The summed E-state index contributed by atoms with van der Waals surface area (Å²) < 4.78 is 5.37. The second-order valence-corrected chi connectivity index (χ2v) is 5.55. The molecule has 2 aromatic rings. The molecule has 5 nitrogen and oxygen atoms in total. The molecule has 0 saturated carbocycles. The van der Waals surface area contributed by atoms with E-state index in [1.54, 1.807) is 14.2 Å². The van der Waals surface area contributed by atoms with Crippen LogP contribution in [0.5, 0.6) is 5.75 Å². The maximum Gasteiger partial charge on any atom is 0.190 e. The van der Waals surface area contributed by atoms with Gasteiger partial charge in [0.25, 0.3) is 0 Å². The lowest BCUT2D eigenvalue weighted by atomic mass is 10.1. The van der Waals surface area contributed by atoms with Crippen molar-refractivity contribution in [3.8, 4) is 5.75 Å². The van der Waals surface area contributed by atoms with Crippen LogP contribution in [0.3, 0.4) is 0 Å². The summed E-state index contributed by atoms with van der Waals surface area (Å²) >= 11 is 0. The Morgan fingerprint density at radius 3 is 2.52 bits per heavy atom. The van der Waals surface area contributed by atoms with Gasteiger partial charge in [0.05, 0.1) is 7.11 Å². The smallest absolute Gasteiger partial charge is 0.190 e. The molecule has 0 atom stereocenters. The zero-order valence-electron chi connectivity index (χ0n) is 15.1. The minimum atomic E-state index is 0. The van der Waals surface area contributed by atoms with Gasteiger partial charge in [-0.1, -0.05) is 18.2 Å². The lowest BCUT2D eigenvalue weighted by Crippen LogP contribution is -2.39. The summed E-state index contributed by atoms with van der Waals surface area (Å²) in [5.41, 5.74) is 3.47. The molecule has 136 valence electrons. The standard InChI is InChI=1S/C19H26N4O.HI/c1-15-7-8-16(14-18(15)24-3)9-12-22-19(20-2)23-13-10-17-6-4-5-11-21-17;/h4-8,11,14H,9-10,12-13H2,1-3H3,(H2,20,22,23);1H. The van der Waals surface area contributed by atoms with Crippen molar-refractivity contribution in [2.24, 2.45) is 4.99 Å². The number of hydrogen-bond donors (Lipinski definition) is 2. The highest BCUT2D eigenvalue weighted by Crippen LogP contribution is 2.18. The minimum absolute atomic E-state index is 0. The number of halogens is 1. The second kappa shape index (κ2) is 11.7. The first kappa shape index (κ1) is 21.2. The Kier molecular flexibility index (Phi) is 9.91. The van der Waals surface area contributed by atoms with Crippen LogP contribution in [0.15, 0.2) is 47.6 Å². The van der Waals surface area contributed by atoms with Crippen molar-refractivity contribution in [1.29, 1.82) is 0 Å². The maximum absolute atomic E-state index is 5.37. The normalized spacial score (nSPS) is 10.8. The Balaban J connectivity index is 0.00000312. The van der Waals surface area contributed by atoms with Crippen LogP contribution in [0, 0.1) is 6.92 Å². The van der Waals surface area contributed by atoms with Gasteiger partial charge in [-0.3, -0.25) is 9.98 Å². The monoisotopic (exact) mass is 454 g/mol. The molecule has 0 spiro atoms. The summed E-state index contributed by atoms with van der Waals surface area (Å²) in [6.07, 6.45) is 3.60. The van der Waals surface area contributed by atoms with Crippen LogP contribution in [0.25, 0.3) is 0 Å². The van der Waals surface area contributed by atoms with E-state index >= 15 is 0 Å². The number of methoxy groups -OCH3 is 1. The molecule has 2 rings (SSSR count). The zero-order valence-corrected chi connectivity index (χ0v) is 17.4. The molecule has 1 aromatic heterocycles. The number of aryl methyl sites for hydroxylation is 1. The molecular weight excluding hydrogens is 427 g/mol. The Labute approximate surface area is 167 Å². The number of aliphatic imine (C=N–C) groups is 1. The van der Waals surface area contributed by atoms with E-state index in [1.165, 1.54) is 5.56 Å². The van der Waals surface area contributed by atoms with Gasteiger partial charge in [0.1, 0.15) is 5.75 Å². The van der Waals surface area contributed by atoms with Crippen molar-refractivity contribution in [2.75, 3.05) is 27.2 Å². The lowest BCUT2D eigenvalue weighted by molar-refractivity contribution is 0.411.